The minimum Gasteiger partial charge on any atom is -0.295 e. The zero-order valence-electron chi connectivity index (χ0n) is 12.5. The normalized spacial score (nSPS) is 11.2. The number of hydrogen-bond acceptors (Lipinski definition) is 1. The number of carbonyl (C=O) groups is 1. The molecule has 0 bridgehead atoms. The number of carbonyl (C=O) groups excluding carboxylic acids is 1. The van der Waals surface area contributed by atoms with Gasteiger partial charge in [-0.3, -0.25) is 4.79 Å². The Kier molecular flexibility index (Phi) is 14.0. The molecule has 0 atom stereocenters. The third kappa shape index (κ3) is 15.4. The first-order chi connectivity index (χ1) is 8.77. The maximum Gasteiger partial charge on any atom is 0.152 e. The van der Waals surface area contributed by atoms with E-state index in [0.29, 0.717) is 0 Å². The average molecular weight is 252 g/mol. The SMILES string of the molecule is CCCCCCCCCCCCC/C=C\C(C)=O. The highest BCUT2D eigenvalue weighted by atomic mass is 16.1. The Bertz CT molecular complexity index is 206. The molecule has 0 amide bonds. The lowest BCUT2D eigenvalue weighted by atomic mass is 10.1. The van der Waals surface area contributed by atoms with Gasteiger partial charge in [-0.25, -0.2) is 0 Å². The summed E-state index contributed by atoms with van der Waals surface area (Å²) in [5, 5.41) is 0. The van der Waals surface area contributed by atoms with E-state index < -0.39 is 0 Å². The lowest BCUT2D eigenvalue weighted by Crippen LogP contribution is -1.82. The first kappa shape index (κ1) is 17.4. The van der Waals surface area contributed by atoms with Crippen LogP contribution in [-0.2, 0) is 4.79 Å². The van der Waals surface area contributed by atoms with E-state index in [-0.39, 0.29) is 5.78 Å². The molecule has 1 nitrogen and oxygen atoms in total. The quantitative estimate of drug-likeness (QED) is 0.297. The molecule has 0 saturated carbocycles. The number of ketones is 1. The Morgan fingerprint density at radius 3 is 1.67 bits per heavy atom. The summed E-state index contributed by atoms with van der Waals surface area (Å²) >= 11 is 0. The number of rotatable bonds is 13. The number of hydrogen-bond donors (Lipinski definition) is 0. The fraction of sp³-hybridized carbons (Fsp3) is 0.824. The van der Waals surface area contributed by atoms with Crippen LogP contribution >= 0.6 is 0 Å². The largest absolute Gasteiger partial charge is 0.295 e. The number of unbranched alkanes of at least 4 members (excludes halogenated alkanes) is 11. The van der Waals surface area contributed by atoms with Gasteiger partial charge in [0, 0.05) is 0 Å². The van der Waals surface area contributed by atoms with Gasteiger partial charge in [0.25, 0.3) is 0 Å². The van der Waals surface area contributed by atoms with E-state index in [0.717, 1.165) is 6.42 Å². The van der Waals surface area contributed by atoms with Crippen LogP contribution in [0.25, 0.3) is 0 Å². The standard InChI is InChI=1S/C17H32O/c1-3-4-5-6-7-8-9-10-11-12-13-14-15-16-17(2)18/h15-16H,3-14H2,1-2H3/b16-15-. The van der Waals surface area contributed by atoms with Crippen LogP contribution < -0.4 is 0 Å². The molecular weight excluding hydrogens is 220 g/mol. The summed E-state index contributed by atoms with van der Waals surface area (Å²) in [6.07, 6.45) is 20.0. The molecule has 106 valence electrons. The van der Waals surface area contributed by atoms with E-state index in [2.05, 4.69) is 6.92 Å². The molecule has 0 fully saturated rings. The van der Waals surface area contributed by atoms with E-state index in [4.69, 9.17) is 0 Å². The Morgan fingerprint density at radius 2 is 1.22 bits per heavy atom. The Hall–Kier alpha value is -0.590. The molecule has 0 unspecified atom stereocenters. The highest BCUT2D eigenvalue weighted by Crippen LogP contribution is 2.11. The van der Waals surface area contributed by atoms with E-state index in [9.17, 15) is 4.79 Å². The third-order valence-corrected chi connectivity index (χ3v) is 3.33. The molecular formula is C17H32O. The van der Waals surface area contributed by atoms with Gasteiger partial charge in [0.2, 0.25) is 0 Å². The van der Waals surface area contributed by atoms with E-state index in [1.165, 1.54) is 70.6 Å². The molecule has 0 saturated heterocycles. The summed E-state index contributed by atoms with van der Waals surface area (Å²) in [6.45, 7) is 3.88. The van der Waals surface area contributed by atoms with Crippen molar-refractivity contribution >= 4 is 5.78 Å². The van der Waals surface area contributed by atoms with Crippen molar-refractivity contribution in [1.29, 1.82) is 0 Å². The molecule has 0 heterocycles. The Morgan fingerprint density at radius 1 is 0.778 bits per heavy atom. The summed E-state index contributed by atoms with van der Waals surface area (Å²) < 4.78 is 0. The molecule has 0 aromatic rings. The molecule has 0 aromatic heterocycles. The molecule has 0 aliphatic rings. The van der Waals surface area contributed by atoms with E-state index >= 15 is 0 Å². The van der Waals surface area contributed by atoms with Crippen LogP contribution in [0.2, 0.25) is 0 Å². The van der Waals surface area contributed by atoms with Gasteiger partial charge in [-0.15, -0.1) is 0 Å². The van der Waals surface area contributed by atoms with Gasteiger partial charge < -0.3 is 0 Å². The van der Waals surface area contributed by atoms with Crippen molar-refractivity contribution in [3.63, 3.8) is 0 Å². The smallest absolute Gasteiger partial charge is 0.152 e. The molecule has 0 aliphatic carbocycles. The fourth-order valence-corrected chi connectivity index (χ4v) is 2.18. The van der Waals surface area contributed by atoms with Gasteiger partial charge in [0.05, 0.1) is 0 Å². The predicted octanol–water partition coefficient (Wildman–Crippen LogP) is 5.83. The van der Waals surface area contributed by atoms with Crippen LogP contribution in [0, 0.1) is 0 Å². The molecule has 0 aromatic carbocycles. The summed E-state index contributed by atoms with van der Waals surface area (Å²) in [5.41, 5.74) is 0. The topological polar surface area (TPSA) is 17.1 Å². The van der Waals surface area contributed by atoms with Crippen molar-refractivity contribution in [1.82, 2.24) is 0 Å². The molecule has 0 N–H and O–H groups in total. The summed E-state index contributed by atoms with van der Waals surface area (Å²) in [5.74, 6) is 0.165. The van der Waals surface area contributed by atoms with Crippen LogP contribution in [0.4, 0.5) is 0 Å². The predicted molar refractivity (Wildman–Crippen MR) is 80.9 cm³/mol. The first-order valence-electron chi connectivity index (χ1n) is 7.94. The lowest BCUT2D eigenvalue weighted by Gasteiger charge is -2.01. The van der Waals surface area contributed by atoms with Crippen molar-refractivity contribution in [2.24, 2.45) is 0 Å². The maximum atomic E-state index is 10.7. The minimum absolute atomic E-state index is 0.165. The minimum atomic E-state index is 0.165. The van der Waals surface area contributed by atoms with Crippen molar-refractivity contribution < 1.29 is 4.79 Å². The van der Waals surface area contributed by atoms with Crippen molar-refractivity contribution in [2.75, 3.05) is 0 Å². The molecule has 0 spiro atoms. The van der Waals surface area contributed by atoms with E-state index in [1.54, 1.807) is 13.0 Å². The summed E-state index contributed by atoms with van der Waals surface area (Å²) in [4.78, 5) is 10.7. The van der Waals surface area contributed by atoms with Crippen LogP contribution in [0.3, 0.4) is 0 Å². The highest BCUT2D eigenvalue weighted by Gasteiger charge is 1.92. The maximum absolute atomic E-state index is 10.7. The highest BCUT2D eigenvalue weighted by molar-refractivity contribution is 5.87. The van der Waals surface area contributed by atoms with Crippen LogP contribution in [0.1, 0.15) is 90.9 Å². The molecule has 0 radical (unpaired) electrons. The summed E-state index contributed by atoms with van der Waals surface area (Å²) in [7, 11) is 0. The first-order valence-corrected chi connectivity index (χ1v) is 7.94. The second-order valence-corrected chi connectivity index (χ2v) is 5.34. The third-order valence-electron chi connectivity index (χ3n) is 3.33. The molecule has 0 aliphatic heterocycles. The lowest BCUT2D eigenvalue weighted by molar-refractivity contribution is -0.112. The van der Waals surface area contributed by atoms with Crippen molar-refractivity contribution in [2.45, 2.75) is 90.9 Å². The zero-order chi connectivity index (χ0) is 13.5. The molecule has 1 heteroatoms. The van der Waals surface area contributed by atoms with Crippen LogP contribution in [0.5, 0.6) is 0 Å². The zero-order valence-corrected chi connectivity index (χ0v) is 12.5. The second kappa shape index (κ2) is 14.5. The van der Waals surface area contributed by atoms with Gasteiger partial charge >= 0.3 is 0 Å². The second-order valence-electron chi connectivity index (χ2n) is 5.34. The Labute approximate surface area is 114 Å². The van der Waals surface area contributed by atoms with Gasteiger partial charge in [0.1, 0.15) is 0 Å². The average Bonchev–Trinajstić information content (AvgIpc) is 2.34. The van der Waals surface area contributed by atoms with Crippen molar-refractivity contribution in [3.8, 4) is 0 Å². The monoisotopic (exact) mass is 252 g/mol. The van der Waals surface area contributed by atoms with Gasteiger partial charge in [-0.05, 0) is 25.8 Å². The van der Waals surface area contributed by atoms with Gasteiger partial charge in [0.15, 0.2) is 5.78 Å². The van der Waals surface area contributed by atoms with Crippen LogP contribution in [0.15, 0.2) is 12.2 Å². The van der Waals surface area contributed by atoms with E-state index in [1.807, 2.05) is 6.08 Å². The van der Waals surface area contributed by atoms with Gasteiger partial charge in [-0.2, -0.15) is 0 Å². The number of allylic oxidation sites excluding steroid dienone is 2. The van der Waals surface area contributed by atoms with Crippen molar-refractivity contribution in [3.05, 3.63) is 12.2 Å². The summed E-state index contributed by atoms with van der Waals surface area (Å²) in [6, 6.07) is 0. The van der Waals surface area contributed by atoms with Crippen LogP contribution in [-0.4, -0.2) is 5.78 Å². The fourth-order valence-electron chi connectivity index (χ4n) is 2.18. The molecule has 0 rings (SSSR count). The molecule has 18 heavy (non-hydrogen) atoms. The Balaban J connectivity index is 3.01. The van der Waals surface area contributed by atoms with Gasteiger partial charge in [-0.1, -0.05) is 77.2 Å².